The van der Waals surface area contributed by atoms with Gasteiger partial charge in [-0.15, -0.1) is 0 Å². The van der Waals surface area contributed by atoms with Crippen LogP contribution in [-0.2, 0) is 7.05 Å². The van der Waals surface area contributed by atoms with E-state index in [0.717, 1.165) is 11.5 Å². The molecule has 0 bridgehead atoms. The van der Waals surface area contributed by atoms with Crippen molar-refractivity contribution in [2.24, 2.45) is 7.05 Å². The van der Waals surface area contributed by atoms with Crippen LogP contribution in [0.2, 0.25) is 0 Å². The molecule has 1 heterocycles. The van der Waals surface area contributed by atoms with E-state index in [0.29, 0.717) is 0 Å². The van der Waals surface area contributed by atoms with Gasteiger partial charge >= 0.3 is 0 Å². The molecule has 17 heavy (non-hydrogen) atoms. The molecule has 2 rings (SSSR count). The SMILES string of the molecule is [2H]c1c([2H])c(-c2c([2H])c([2H])c(C([2H])([2H])[2H])c([2H])[n+]2C)c(C)c(F)c1F. The number of nitrogens with zero attached hydrogens (tertiary/aromatic N) is 1. The van der Waals surface area contributed by atoms with Gasteiger partial charge in [-0.3, -0.25) is 0 Å². The van der Waals surface area contributed by atoms with Crippen molar-refractivity contribution in [3.05, 3.63) is 53.1 Å². The second-order valence-corrected chi connectivity index (χ2v) is 3.52. The minimum absolute atomic E-state index is 0.294. The van der Waals surface area contributed by atoms with Gasteiger partial charge in [-0.05, 0) is 31.9 Å². The first kappa shape index (κ1) is 5.25. The first-order valence-electron chi connectivity index (χ1n) is 8.77. The maximum Gasteiger partial charge on any atom is 0.212 e. The van der Waals surface area contributed by atoms with Crippen molar-refractivity contribution < 1.29 is 24.3 Å². The fraction of sp³-hybridized carbons (Fsp3) is 0.214. The van der Waals surface area contributed by atoms with E-state index in [9.17, 15) is 8.78 Å². The summed E-state index contributed by atoms with van der Waals surface area (Å²) in [6, 6.07) is -3.13. The lowest BCUT2D eigenvalue weighted by Gasteiger charge is -2.06. The molecule has 88 valence electrons. The highest BCUT2D eigenvalue weighted by Crippen LogP contribution is 2.24. The average molecular weight is 242 g/mol. The van der Waals surface area contributed by atoms with E-state index in [1.54, 1.807) is 0 Å². The standard InChI is InChI=1S/C14H14F2N/c1-9-4-7-13(17(3)8-9)11-5-6-12(15)14(16)10(11)2/h4-8H,1-3H3/q+1/i1D3,4D,5D,6D,7D,8D. The minimum atomic E-state index is -2.81. The summed E-state index contributed by atoms with van der Waals surface area (Å²) in [5.74, 6) is -2.87. The molecule has 0 aliphatic heterocycles. The summed E-state index contributed by atoms with van der Waals surface area (Å²) in [5.41, 5.74) is -1.63. The molecule has 0 atom stereocenters. The van der Waals surface area contributed by atoms with Crippen molar-refractivity contribution in [1.82, 2.24) is 0 Å². The summed E-state index contributed by atoms with van der Waals surface area (Å²) in [6.45, 7) is -1.66. The Hall–Kier alpha value is -1.77. The van der Waals surface area contributed by atoms with Crippen molar-refractivity contribution in [1.29, 1.82) is 0 Å². The molecule has 0 aliphatic rings. The summed E-state index contributed by atoms with van der Waals surface area (Å²) in [4.78, 5) is 0. The molecule has 0 saturated heterocycles. The predicted molar refractivity (Wildman–Crippen MR) is 62.4 cm³/mol. The van der Waals surface area contributed by atoms with Crippen LogP contribution in [0.1, 0.15) is 22.1 Å². The predicted octanol–water partition coefficient (Wildman–Crippen LogP) is 3.07. The van der Waals surface area contributed by atoms with E-state index in [2.05, 4.69) is 0 Å². The van der Waals surface area contributed by atoms with E-state index < -0.39 is 54.4 Å². The smallest absolute Gasteiger partial charge is 0.204 e. The van der Waals surface area contributed by atoms with Gasteiger partial charge in [0, 0.05) is 21.3 Å². The molecular weight excluding hydrogens is 220 g/mol. The molecule has 1 aromatic heterocycles. The van der Waals surface area contributed by atoms with Gasteiger partial charge in [0.05, 0.1) is 11.0 Å². The van der Waals surface area contributed by atoms with Crippen LogP contribution in [0.3, 0.4) is 0 Å². The van der Waals surface area contributed by atoms with E-state index >= 15 is 0 Å². The fourth-order valence-electron chi connectivity index (χ4n) is 1.46. The number of hydrogen-bond donors (Lipinski definition) is 0. The molecule has 0 amide bonds. The van der Waals surface area contributed by atoms with Crippen LogP contribution < -0.4 is 4.57 Å². The Kier molecular flexibility index (Phi) is 1.31. The van der Waals surface area contributed by atoms with Crippen LogP contribution in [0, 0.1) is 25.4 Å². The second kappa shape index (κ2) is 4.24. The molecule has 0 fully saturated rings. The van der Waals surface area contributed by atoms with E-state index in [1.807, 2.05) is 0 Å². The molecule has 3 heteroatoms. The first-order valence-corrected chi connectivity index (χ1v) is 4.77. The quantitative estimate of drug-likeness (QED) is 0.677. The maximum absolute atomic E-state index is 14.0. The third-order valence-electron chi connectivity index (χ3n) is 2.35. The molecule has 0 radical (unpaired) electrons. The lowest BCUT2D eigenvalue weighted by Crippen LogP contribution is -2.31. The number of rotatable bonds is 1. The molecular formula is C14H14F2N+. The Morgan fingerprint density at radius 3 is 2.71 bits per heavy atom. The zero-order valence-corrected chi connectivity index (χ0v) is 9.20. The maximum atomic E-state index is 14.0. The Bertz CT molecular complexity index is 834. The van der Waals surface area contributed by atoms with Crippen molar-refractivity contribution in [3.63, 3.8) is 0 Å². The van der Waals surface area contributed by atoms with Crippen LogP contribution >= 0.6 is 0 Å². The Labute approximate surface area is 111 Å². The van der Waals surface area contributed by atoms with Gasteiger partial charge in [-0.1, -0.05) is 0 Å². The van der Waals surface area contributed by atoms with Gasteiger partial charge in [-0.2, -0.15) is 0 Å². The van der Waals surface area contributed by atoms with Crippen molar-refractivity contribution in [2.45, 2.75) is 13.8 Å². The molecule has 2 aromatic rings. The van der Waals surface area contributed by atoms with Crippen LogP contribution in [0.4, 0.5) is 8.78 Å². The van der Waals surface area contributed by atoms with Gasteiger partial charge in [0.15, 0.2) is 17.8 Å². The Morgan fingerprint density at radius 1 is 1.24 bits per heavy atom. The largest absolute Gasteiger partial charge is 0.212 e. The second-order valence-electron chi connectivity index (χ2n) is 3.52. The van der Waals surface area contributed by atoms with Gasteiger partial charge in [-0.25, -0.2) is 13.3 Å². The number of halogens is 2. The highest BCUT2D eigenvalue weighted by molar-refractivity contribution is 5.61. The van der Waals surface area contributed by atoms with Crippen molar-refractivity contribution >= 4 is 0 Å². The number of benzene rings is 1. The topological polar surface area (TPSA) is 3.88 Å². The lowest BCUT2D eigenvalue weighted by molar-refractivity contribution is -0.660. The summed E-state index contributed by atoms with van der Waals surface area (Å²) >= 11 is 0. The van der Waals surface area contributed by atoms with Crippen molar-refractivity contribution in [3.8, 4) is 11.3 Å². The third-order valence-corrected chi connectivity index (χ3v) is 2.35. The van der Waals surface area contributed by atoms with Crippen LogP contribution in [0.25, 0.3) is 11.3 Å². The minimum Gasteiger partial charge on any atom is -0.204 e. The number of aromatic nitrogens is 1. The summed E-state index contributed by atoms with van der Waals surface area (Å²) in [7, 11) is 1.23. The molecule has 0 unspecified atom stereocenters. The molecule has 1 nitrogen and oxygen atoms in total. The fourth-order valence-corrected chi connectivity index (χ4v) is 1.46. The zero-order valence-electron chi connectivity index (χ0n) is 17.2. The summed E-state index contributed by atoms with van der Waals surface area (Å²) < 4.78 is 90.2. The highest BCUT2D eigenvalue weighted by atomic mass is 19.2. The van der Waals surface area contributed by atoms with Crippen LogP contribution in [-0.4, -0.2) is 0 Å². The van der Waals surface area contributed by atoms with Crippen LogP contribution in [0.15, 0.2) is 30.3 Å². The first-order chi connectivity index (χ1) is 11.3. The number of pyridine rings is 1. The van der Waals surface area contributed by atoms with Gasteiger partial charge < -0.3 is 0 Å². The Balaban J connectivity index is 3.03. The van der Waals surface area contributed by atoms with Crippen LogP contribution in [0.5, 0.6) is 0 Å². The molecule has 0 N–H and O–H groups in total. The van der Waals surface area contributed by atoms with Crippen molar-refractivity contribution in [2.75, 3.05) is 0 Å². The average Bonchev–Trinajstić information content (AvgIpc) is 2.51. The van der Waals surface area contributed by atoms with Gasteiger partial charge in [0.1, 0.15) is 8.42 Å². The lowest BCUT2D eigenvalue weighted by atomic mass is 10.0. The normalized spacial score (nSPS) is 18.1. The number of hydrogen-bond acceptors (Lipinski definition) is 0. The highest BCUT2D eigenvalue weighted by Gasteiger charge is 2.16. The Morgan fingerprint density at radius 2 is 2.00 bits per heavy atom. The van der Waals surface area contributed by atoms with E-state index in [-0.39, 0.29) is 16.8 Å². The molecule has 0 saturated carbocycles. The molecule has 0 aliphatic carbocycles. The third kappa shape index (κ3) is 2.05. The van der Waals surface area contributed by atoms with E-state index in [4.69, 9.17) is 11.0 Å². The van der Waals surface area contributed by atoms with E-state index in [1.165, 1.54) is 7.05 Å². The molecule has 1 aromatic carbocycles. The zero-order chi connectivity index (χ0) is 19.4. The summed E-state index contributed by atoms with van der Waals surface area (Å²) in [5, 5.41) is 0. The van der Waals surface area contributed by atoms with Gasteiger partial charge in [0.2, 0.25) is 5.69 Å². The monoisotopic (exact) mass is 242 g/mol. The molecule has 0 spiro atoms. The summed E-state index contributed by atoms with van der Waals surface area (Å²) in [6.07, 6.45) is -0.605. The van der Waals surface area contributed by atoms with Gasteiger partial charge in [0.25, 0.3) is 0 Å².